The molecule has 9 heteroatoms. The SMILES string of the molecule is COc1ccc(S(=O)(=O)N[C@@H](C)C(=O)OCC(=O)N[C@@H]2CCCC[C@@H]2C)cc1. The zero-order chi connectivity index (χ0) is 20.7. The van der Waals surface area contributed by atoms with Gasteiger partial charge in [0.15, 0.2) is 6.61 Å². The molecule has 156 valence electrons. The molecule has 8 nitrogen and oxygen atoms in total. The van der Waals surface area contributed by atoms with Gasteiger partial charge >= 0.3 is 5.97 Å². The standard InChI is InChI=1S/C19H28N2O6S/c1-13-6-4-5-7-17(13)20-18(22)12-27-19(23)14(2)21-28(24,25)16-10-8-15(26-3)9-11-16/h8-11,13-14,17,21H,4-7,12H2,1-3H3,(H,20,22)/t13-,14-,17+/m0/s1. The van der Waals surface area contributed by atoms with E-state index in [1.54, 1.807) is 0 Å². The number of ether oxygens (including phenoxy) is 2. The van der Waals surface area contributed by atoms with E-state index in [9.17, 15) is 18.0 Å². The van der Waals surface area contributed by atoms with Crippen LogP contribution < -0.4 is 14.8 Å². The molecule has 1 fully saturated rings. The van der Waals surface area contributed by atoms with E-state index < -0.39 is 28.6 Å². The predicted octanol–water partition coefficient (Wildman–Crippen LogP) is 1.60. The molecule has 2 N–H and O–H groups in total. The van der Waals surface area contributed by atoms with Gasteiger partial charge in [0.2, 0.25) is 10.0 Å². The maximum atomic E-state index is 12.3. The zero-order valence-electron chi connectivity index (χ0n) is 16.4. The number of carbonyl (C=O) groups is 2. The van der Waals surface area contributed by atoms with Crippen molar-refractivity contribution in [3.8, 4) is 5.75 Å². The second-order valence-corrected chi connectivity index (χ2v) is 8.78. The largest absolute Gasteiger partial charge is 0.497 e. The Bertz CT molecular complexity index is 778. The minimum atomic E-state index is -3.90. The van der Waals surface area contributed by atoms with Crippen LogP contribution in [-0.4, -0.2) is 46.1 Å². The number of hydrogen-bond donors (Lipinski definition) is 2. The fourth-order valence-corrected chi connectivity index (χ4v) is 4.34. The normalized spacial score (nSPS) is 20.8. The molecule has 3 atom stereocenters. The van der Waals surface area contributed by atoms with Gasteiger partial charge in [-0.05, 0) is 49.9 Å². The van der Waals surface area contributed by atoms with Gasteiger partial charge in [0, 0.05) is 6.04 Å². The molecule has 0 unspecified atom stereocenters. The first-order chi connectivity index (χ1) is 13.2. The lowest BCUT2D eigenvalue weighted by Gasteiger charge is -2.29. The Morgan fingerprint density at radius 3 is 2.43 bits per heavy atom. The van der Waals surface area contributed by atoms with Crippen LogP contribution in [0.2, 0.25) is 0 Å². The summed E-state index contributed by atoms with van der Waals surface area (Å²) in [6.45, 7) is 3.02. The van der Waals surface area contributed by atoms with E-state index in [2.05, 4.69) is 17.0 Å². The lowest BCUT2D eigenvalue weighted by Crippen LogP contribution is -2.44. The van der Waals surface area contributed by atoms with E-state index in [4.69, 9.17) is 9.47 Å². The first-order valence-corrected chi connectivity index (χ1v) is 10.8. The molecule has 0 radical (unpaired) electrons. The number of esters is 1. The van der Waals surface area contributed by atoms with E-state index >= 15 is 0 Å². The van der Waals surface area contributed by atoms with Crippen LogP contribution in [0.25, 0.3) is 0 Å². The fourth-order valence-electron chi connectivity index (χ4n) is 3.14. The van der Waals surface area contributed by atoms with Crippen LogP contribution in [0.4, 0.5) is 0 Å². The summed E-state index contributed by atoms with van der Waals surface area (Å²) in [7, 11) is -2.43. The number of amides is 1. The smallest absolute Gasteiger partial charge is 0.324 e. The Balaban J connectivity index is 1.83. The van der Waals surface area contributed by atoms with Gasteiger partial charge in [0.25, 0.3) is 5.91 Å². The number of hydrogen-bond acceptors (Lipinski definition) is 6. The molecular formula is C19H28N2O6S. The summed E-state index contributed by atoms with van der Waals surface area (Å²) in [5, 5.41) is 2.88. The van der Waals surface area contributed by atoms with Crippen molar-refractivity contribution in [3.05, 3.63) is 24.3 Å². The van der Waals surface area contributed by atoms with E-state index in [1.165, 1.54) is 38.3 Å². The maximum absolute atomic E-state index is 12.3. The third kappa shape index (κ3) is 6.20. The Hall–Kier alpha value is -2.13. The highest BCUT2D eigenvalue weighted by Gasteiger charge is 2.25. The number of methoxy groups -OCH3 is 1. The Morgan fingerprint density at radius 2 is 1.82 bits per heavy atom. The molecular weight excluding hydrogens is 384 g/mol. The number of rotatable bonds is 8. The van der Waals surface area contributed by atoms with Gasteiger partial charge in [-0.15, -0.1) is 0 Å². The fraction of sp³-hybridized carbons (Fsp3) is 0.579. The van der Waals surface area contributed by atoms with Gasteiger partial charge in [-0.3, -0.25) is 9.59 Å². The molecule has 1 aromatic carbocycles. The molecule has 0 aliphatic heterocycles. The summed E-state index contributed by atoms with van der Waals surface area (Å²) in [6.07, 6.45) is 4.21. The molecule has 0 saturated heterocycles. The van der Waals surface area contributed by atoms with Crippen LogP contribution in [0.15, 0.2) is 29.2 Å². The van der Waals surface area contributed by atoms with E-state index in [0.717, 1.165) is 25.7 Å². The lowest BCUT2D eigenvalue weighted by molar-refractivity contribution is -0.150. The molecule has 1 saturated carbocycles. The van der Waals surface area contributed by atoms with Crippen molar-refractivity contribution in [1.82, 2.24) is 10.0 Å². The van der Waals surface area contributed by atoms with Crippen LogP contribution >= 0.6 is 0 Å². The average molecular weight is 413 g/mol. The van der Waals surface area contributed by atoms with Gasteiger partial charge in [0.05, 0.1) is 12.0 Å². The van der Waals surface area contributed by atoms with E-state index in [-0.39, 0.29) is 16.8 Å². The van der Waals surface area contributed by atoms with Crippen LogP contribution in [0, 0.1) is 5.92 Å². The molecule has 1 amide bonds. The quantitative estimate of drug-likeness (QED) is 0.628. The highest BCUT2D eigenvalue weighted by atomic mass is 32.2. The Morgan fingerprint density at radius 1 is 1.18 bits per heavy atom. The highest BCUT2D eigenvalue weighted by molar-refractivity contribution is 7.89. The van der Waals surface area contributed by atoms with E-state index in [0.29, 0.717) is 11.7 Å². The first kappa shape index (κ1) is 22.2. The van der Waals surface area contributed by atoms with E-state index in [1.807, 2.05) is 0 Å². The molecule has 1 aliphatic carbocycles. The average Bonchev–Trinajstić information content (AvgIpc) is 2.67. The zero-order valence-corrected chi connectivity index (χ0v) is 17.3. The third-order valence-electron chi connectivity index (χ3n) is 4.86. The van der Waals surface area contributed by atoms with Crippen molar-refractivity contribution in [3.63, 3.8) is 0 Å². The Kier molecular flexibility index (Phi) is 7.82. The summed E-state index contributed by atoms with van der Waals surface area (Å²) in [5.74, 6) is -0.283. The van der Waals surface area contributed by atoms with Crippen LogP contribution in [0.3, 0.4) is 0 Å². The second kappa shape index (κ2) is 9.88. The minimum Gasteiger partial charge on any atom is -0.497 e. The second-order valence-electron chi connectivity index (χ2n) is 7.06. The molecule has 0 bridgehead atoms. The summed E-state index contributed by atoms with van der Waals surface area (Å²) in [5.41, 5.74) is 0. The summed E-state index contributed by atoms with van der Waals surface area (Å²) >= 11 is 0. The molecule has 0 aromatic heterocycles. The summed E-state index contributed by atoms with van der Waals surface area (Å²) in [6, 6.07) is 4.72. The molecule has 1 aliphatic rings. The predicted molar refractivity (Wildman–Crippen MR) is 103 cm³/mol. The lowest BCUT2D eigenvalue weighted by atomic mass is 9.86. The molecule has 1 aromatic rings. The van der Waals surface area contributed by atoms with Crippen molar-refractivity contribution in [2.24, 2.45) is 5.92 Å². The van der Waals surface area contributed by atoms with Crippen LogP contribution in [0.1, 0.15) is 39.5 Å². The molecule has 28 heavy (non-hydrogen) atoms. The summed E-state index contributed by atoms with van der Waals surface area (Å²) in [4.78, 5) is 24.1. The number of benzene rings is 1. The van der Waals surface area contributed by atoms with Gasteiger partial charge < -0.3 is 14.8 Å². The van der Waals surface area contributed by atoms with Gasteiger partial charge in [-0.25, -0.2) is 8.42 Å². The maximum Gasteiger partial charge on any atom is 0.324 e. The number of sulfonamides is 1. The van der Waals surface area contributed by atoms with Crippen molar-refractivity contribution >= 4 is 21.9 Å². The van der Waals surface area contributed by atoms with Crippen LogP contribution in [0.5, 0.6) is 5.75 Å². The monoisotopic (exact) mass is 412 g/mol. The minimum absolute atomic E-state index is 0.00280. The van der Waals surface area contributed by atoms with Crippen LogP contribution in [-0.2, 0) is 24.3 Å². The third-order valence-corrected chi connectivity index (χ3v) is 6.42. The molecule has 0 spiro atoms. The van der Waals surface area contributed by atoms with Crippen molar-refractivity contribution in [2.75, 3.05) is 13.7 Å². The van der Waals surface area contributed by atoms with Gasteiger partial charge in [0.1, 0.15) is 11.8 Å². The molecule has 0 heterocycles. The Labute approximate surface area is 166 Å². The first-order valence-electron chi connectivity index (χ1n) is 9.35. The summed E-state index contributed by atoms with van der Waals surface area (Å²) < 4.78 is 36.9. The van der Waals surface area contributed by atoms with Crippen molar-refractivity contribution < 1.29 is 27.5 Å². The topological polar surface area (TPSA) is 111 Å². The van der Waals surface area contributed by atoms with Gasteiger partial charge in [-0.1, -0.05) is 19.8 Å². The molecule has 2 rings (SSSR count). The van der Waals surface area contributed by atoms with Crippen molar-refractivity contribution in [1.29, 1.82) is 0 Å². The number of nitrogens with one attached hydrogen (secondary N) is 2. The number of carbonyl (C=O) groups excluding carboxylic acids is 2. The highest BCUT2D eigenvalue weighted by Crippen LogP contribution is 2.23. The van der Waals surface area contributed by atoms with Gasteiger partial charge in [-0.2, -0.15) is 4.72 Å². The van der Waals surface area contributed by atoms with Crippen molar-refractivity contribution in [2.45, 2.75) is 56.5 Å².